The summed E-state index contributed by atoms with van der Waals surface area (Å²) in [5, 5.41) is 13.8. The summed E-state index contributed by atoms with van der Waals surface area (Å²) < 4.78 is 0. The van der Waals surface area contributed by atoms with E-state index in [4.69, 9.17) is 10.4 Å². The first-order valence-electron chi connectivity index (χ1n) is 0.447. The maximum Gasteiger partial charge on any atom is 0.283 e. The summed E-state index contributed by atoms with van der Waals surface area (Å²) in [6.07, 6.45) is 0.750. The minimum absolute atomic E-state index is 0. The average Bonchev–Trinajstić information content (AvgIpc) is 0.918. The van der Waals surface area contributed by atoms with E-state index < -0.39 is 0 Å². The van der Waals surface area contributed by atoms with Crippen LogP contribution in [0.4, 0.5) is 0 Å². The molecule has 0 bridgehead atoms. The van der Waals surface area contributed by atoms with Gasteiger partial charge in [0.2, 0.25) is 0 Å². The minimum atomic E-state index is 0. The molecule has 0 saturated carbocycles. The van der Waals surface area contributed by atoms with Crippen molar-refractivity contribution in [3.63, 3.8) is 0 Å². The van der Waals surface area contributed by atoms with Crippen molar-refractivity contribution in [1.82, 2.24) is 6.15 Å². The fourth-order valence-electron chi connectivity index (χ4n) is 0. The van der Waals surface area contributed by atoms with Crippen LogP contribution in [0.3, 0.4) is 0 Å². The molecule has 0 aliphatic rings. The minimum Gasteiger partial charge on any atom is -0.443 e. The monoisotopic (exact) mass is 119 g/mol. The predicted octanol–water partition coefficient (Wildman–Crippen LogP) is -0.000520. The molecule has 3 nitrogen and oxygen atoms in total. The van der Waals surface area contributed by atoms with Gasteiger partial charge in [-0.2, -0.15) is 5.26 Å². The summed E-state index contributed by atoms with van der Waals surface area (Å²) in [6, 6.07) is 0. The zero-order valence-corrected chi connectivity index (χ0v) is 3.48. The largest absolute Gasteiger partial charge is 0.443 e. The maximum atomic E-state index is 6.88. The molecule has 0 aliphatic carbocycles. The SMILES string of the molecule is N.N#CO.[Co]. The zero-order valence-electron chi connectivity index (χ0n) is 2.43. The van der Waals surface area contributed by atoms with Crippen LogP contribution in [0.25, 0.3) is 0 Å². The third-order valence-corrected chi connectivity index (χ3v) is 0. The molecule has 0 atom stereocenters. The first-order valence-corrected chi connectivity index (χ1v) is 0.447. The number of hydrogen-bond donors (Lipinski definition) is 2. The van der Waals surface area contributed by atoms with Gasteiger partial charge in [0, 0.05) is 16.8 Å². The van der Waals surface area contributed by atoms with E-state index in [1.54, 1.807) is 0 Å². The van der Waals surface area contributed by atoms with Gasteiger partial charge in [0.1, 0.15) is 0 Å². The molecule has 0 aromatic heterocycles. The number of hydrogen-bond acceptors (Lipinski definition) is 3. The van der Waals surface area contributed by atoms with Gasteiger partial charge in [-0.05, 0) is 0 Å². The van der Waals surface area contributed by atoms with Crippen LogP contribution in [-0.2, 0) is 16.8 Å². The van der Waals surface area contributed by atoms with E-state index in [1.165, 1.54) is 0 Å². The number of aliphatic hydroxyl groups excluding tert-OH is 1. The molecule has 4 heteroatoms. The molecule has 1 radical (unpaired) electrons. The molecule has 0 aromatic carbocycles. The Morgan fingerprint density at radius 1 is 1.60 bits per heavy atom. The molecule has 0 aromatic rings. The summed E-state index contributed by atoms with van der Waals surface area (Å²) in [6.45, 7) is 0. The summed E-state index contributed by atoms with van der Waals surface area (Å²) in [7, 11) is 0. The van der Waals surface area contributed by atoms with E-state index in [9.17, 15) is 0 Å². The Hall–Kier alpha value is -0.244. The summed E-state index contributed by atoms with van der Waals surface area (Å²) in [4.78, 5) is 0. The number of nitriles is 1. The van der Waals surface area contributed by atoms with Gasteiger partial charge in [-0.25, -0.2) is 0 Å². The first kappa shape index (κ1) is 21.8. The van der Waals surface area contributed by atoms with E-state index in [0.717, 1.165) is 6.26 Å². The van der Waals surface area contributed by atoms with Gasteiger partial charge in [0.15, 0.2) is 0 Å². The Morgan fingerprint density at radius 2 is 1.60 bits per heavy atom. The first-order chi connectivity index (χ1) is 1.41. The summed E-state index contributed by atoms with van der Waals surface area (Å²) >= 11 is 0. The smallest absolute Gasteiger partial charge is 0.283 e. The molecule has 4 N–H and O–H groups in total. The van der Waals surface area contributed by atoms with Crippen LogP contribution in [-0.4, -0.2) is 5.11 Å². The van der Waals surface area contributed by atoms with Crippen molar-refractivity contribution in [1.29, 1.82) is 5.26 Å². The fraction of sp³-hybridized carbons (Fsp3) is 0. The van der Waals surface area contributed by atoms with E-state index in [0.29, 0.717) is 0 Å². The average molecular weight is 119 g/mol. The van der Waals surface area contributed by atoms with E-state index >= 15 is 0 Å². The summed E-state index contributed by atoms with van der Waals surface area (Å²) in [5.74, 6) is 0. The van der Waals surface area contributed by atoms with Crippen molar-refractivity contribution in [3.8, 4) is 6.26 Å². The fourth-order valence-corrected chi connectivity index (χ4v) is 0. The van der Waals surface area contributed by atoms with Gasteiger partial charge < -0.3 is 11.3 Å². The second-order valence-corrected chi connectivity index (χ2v) is 0.100. The second kappa shape index (κ2) is 49.9. The van der Waals surface area contributed by atoms with Crippen molar-refractivity contribution < 1.29 is 21.9 Å². The quantitative estimate of drug-likeness (QED) is 0.440. The molecular weight excluding hydrogens is 115 g/mol. The van der Waals surface area contributed by atoms with Crippen LogP contribution in [0.5, 0.6) is 0 Å². The molecule has 33 valence electrons. The van der Waals surface area contributed by atoms with Crippen LogP contribution in [0, 0.1) is 11.5 Å². The van der Waals surface area contributed by atoms with E-state index in [2.05, 4.69) is 0 Å². The van der Waals surface area contributed by atoms with Crippen LogP contribution < -0.4 is 6.15 Å². The normalized spacial score (nSPS) is 1.40. The maximum absolute atomic E-state index is 6.88. The van der Waals surface area contributed by atoms with E-state index in [-0.39, 0.29) is 22.9 Å². The van der Waals surface area contributed by atoms with Gasteiger partial charge in [-0.1, -0.05) is 0 Å². The van der Waals surface area contributed by atoms with Crippen molar-refractivity contribution >= 4 is 0 Å². The zero-order chi connectivity index (χ0) is 2.71. The molecule has 0 fully saturated rings. The molecule has 0 spiro atoms. The molecule has 0 aliphatic heterocycles. The molecule has 0 heterocycles. The second-order valence-electron chi connectivity index (χ2n) is 0.100. The van der Waals surface area contributed by atoms with Crippen molar-refractivity contribution in [2.24, 2.45) is 0 Å². The number of nitrogens with zero attached hydrogens (tertiary/aromatic N) is 1. The van der Waals surface area contributed by atoms with E-state index in [1.807, 2.05) is 0 Å². The third-order valence-electron chi connectivity index (χ3n) is 0. The van der Waals surface area contributed by atoms with Crippen LogP contribution >= 0.6 is 0 Å². The van der Waals surface area contributed by atoms with Crippen molar-refractivity contribution in [2.45, 2.75) is 0 Å². The molecule has 0 saturated heterocycles. The molecule has 0 amide bonds. The topological polar surface area (TPSA) is 79.0 Å². The van der Waals surface area contributed by atoms with Crippen LogP contribution in [0.2, 0.25) is 0 Å². The number of rotatable bonds is 0. The van der Waals surface area contributed by atoms with Crippen molar-refractivity contribution in [2.75, 3.05) is 0 Å². The number of aliphatic hydroxyl groups is 1. The standard InChI is InChI=1S/CHNO.Co.H3N/c2-1-3;;/h3H;;1H3. The van der Waals surface area contributed by atoms with Gasteiger partial charge in [0.05, 0.1) is 0 Å². The predicted molar refractivity (Wildman–Crippen MR) is 12.6 cm³/mol. The van der Waals surface area contributed by atoms with Crippen LogP contribution in [0.1, 0.15) is 0 Å². The third kappa shape index (κ3) is 195. The van der Waals surface area contributed by atoms with Gasteiger partial charge in [0.25, 0.3) is 6.26 Å². The van der Waals surface area contributed by atoms with Crippen LogP contribution in [0.15, 0.2) is 0 Å². The van der Waals surface area contributed by atoms with Gasteiger partial charge in [-0.15, -0.1) is 0 Å². The Kier molecular flexibility index (Phi) is 217. The van der Waals surface area contributed by atoms with Crippen molar-refractivity contribution in [3.05, 3.63) is 0 Å². The molecule has 0 unspecified atom stereocenters. The Bertz CT molecular complexity index is 31.1. The Balaban J connectivity index is -0.0000000200. The molecule has 5 heavy (non-hydrogen) atoms. The molecular formula is CH4CoN2O. The van der Waals surface area contributed by atoms with Gasteiger partial charge >= 0.3 is 0 Å². The summed E-state index contributed by atoms with van der Waals surface area (Å²) in [5.41, 5.74) is 0. The van der Waals surface area contributed by atoms with Gasteiger partial charge in [-0.3, -0.25) is 0 Å². The Morgan fingerprint density at radius 3 is 1.60 bits per heavy atom. The molecule has 0 rings (SSSR count). The Labute approximate surface area is 40.4 Å².